The van der Waals surface area contributed by atoms with E-state index in [1.165, 1.54) is 11.6 Å². The second-order valence-corrected chi connectivity index (χ2v) is 5.31. The van der Waals surface area contributed by atoms with Crippen molar-refractivity contribution in [1.82, 2.24) is 4.98 Å². The largest absolute Gasteiger partial charge is 0.307 e. The molecule has 21 heavy (non-hydrogen) atoms. The van der Waals surface area contributed by atoms with Crippen molar-refractivity contribution >= 4 is 17.8 Å². The maximum absolute atomic E-state index is 11.9. The number of nitrogens with zero attached hydrogens (tertiary/aromatic N) is 1. The highest BCUT2D eigenvalue weighted by molar-refractivity contribution is 6.01. The third-order valence-corrected chi connectivity index (χ3v) is 3.28. The number of aromatic nitrogens is 1. The number of hydrogen-bond donors (Lipinski definition) is 1. The summed E-state index contributed by atoms with van der Waals surface area (Å²) in [6.07, 6.45) is 4.99. The highest BCUT2D eigenvalue weighted by Gasteiger charge is 2.02. The van der Waals surface area contributed by atoms with Gasteiger partial charge in [0.25, 0.3) is 0 Å². The Hall–Kier alpha value is -2.42. The lowest BCUT2D eigenvalue weighted by atomic mass is 10.0. The normalized spacial score (nSPS) is 11.0. The zero-order valence-corrected chi connectivity index (χ0v) is 12.6. The molecule has 1 aromatic heterocycles. The van der Waals surface area contributed by atoms with Crippen LogP contribution in [0.1, 0.15) is 36.5 Å². The summed E-state index contributed by atoms with van der Waals surface area (Å²) in [6.45, 7) is 6.23. The van der Waals surface area contributed by atoms with E-state index in [-0.39, 0.29) is 5.91 Å². The van der Waals surface area contributed by atoms with Crippen LogP contribution in [-0.4, -0.2) is 10.9 Å². The van der Waals surface area contributed by atoms with Crippen LogP contribution >= 0.6 is 0 Å². The SMILES string of the molecule is Cc1cccnc1NC(=O)/C=C/c1ccc(C(C)C)cc1. The topological polar surface area (TPSA) is 42.0 Å². The van der Waals surface area contributed by atoms with E-state index in [0.29, 0.717) is 11.7 Å². The zero-order valence-electron chi connectivity index (χ0n) is 12.6. The summed E-state index contributed by atoms with van der Waals surface area (Å²) in [5.74, 6) is 0.936. The second-order valence-electron chi connectivity index (χ2n) is 5.31. The number of aryl methyl sites for hydroxylation is 1. The van der Waals surface area contributed by atoms with Crippen LogP contribution in [0.2, 0.25) is 0 Å². The molecule has 0 radical (unpaired) electrons. The summed E-state index contributed by atoms with van der Waals surface area (Å²) in [5.41, 5.74) is 3.24. The van der Waals surface area contributed by atoms with Crippen molar-refractivity contribution in [1.29, 1.82) is 0 Å². The number of nitrogens with one attached hydrogen (secondary N) is 1. The zero-order chi connectivity index (χ0) is 15.2. The fourth-order valence-corrected chi connectivity index (χ4v) is 1.94. The van der Waals surface area contributed by atoms with E-state index in [1.807, 2.05) is 31.2 Å². The number of benzene rings is 1. The predicted molar refractivity (Wildman–Crippen MR) is 87.2 cm³/mol. The Kier molecular flexibility index (Phi) is 4.88. The molecule has 0 atom stereocenters. The van der Waals surface area contributed by atoms with E-state index < -0.39 is 0 Å². The van der Waals surface area contributed by atoms with Crippen LogP contribution < -0.4 is 5.32 Å². The standard InChI is InChI=1S/C18H20N2O/c1-13(2)16-9-6-15(7-10-16)8-11-17(21)20-18-14(3)5-4-12-19-18/h4-13H,1-3H3,(H,19,20,21)/b11-8+. The average molecular weight is 280 g/mol. The molecule has 1 heterocycles. The van der Waals surface area contributed by atoms with Crippen LogP contribution in [0, 0.1) is 6.92 Å². The first kappa shape index (κ1) is 15.0. The molecule has 0 aliphatic carbocycles. The monoisotopic (exact) mass is 280 g/mol. The molecule has 3 nitrogen and oxygen atoms in total. The Bertz CT molecular complexity index is 643. The highest BCUT2D eigenvalue weighted by Crippen LogP contribution is 2.15. The van der Waals surface area contributed by atoms with Gasteiger partial charge < -0.3 is 5.32 Å². The first-order valence-corrected chi connectivity index (χ1v) is 7.07. The van der Waals surface area contributed by atoms with Crippen molar-refractivity contribution in [2.45, 2.75) is 26.7 Å². The summed E-state index contributed by atoms with van der Waals surface area (Å²) in [6, 6.07) is 12.0. The number of hydrogen-bond acceptors (Lipinski definition) is 2. The summed E-state index contributed by atoms with van der Waals surface area (Å²) < 4.78 is 0. The van der Waals surface area contributed by atoms with Crippen LogP contribution in [0.5, 0.6) is 0 Å². The Morgan fingerprint density at radius 3 is 2.52 bits per heavy atom. The molecular weight excluding hydrogens is 260 g/mol. The lowest BCUT2D eigenvalue weighted by Crippen LogP contribution is -2.10. The van der Waals surface area contributed by atoms with Gasteiger partial charge in [0.15, 0.2) is 0 Å². The van der Waals surface area contributed by atoms with E-state index in [1.54, 1.807) is 12.3 Å². The predicted octanol–water partition coefficient (Wildman–Crippen LogP) is 4.17. The third-order valence-electron chi connectivity index (χ3n) is 3.28. The second kappa shape index (κ2) is 6.84. The van der Waals surface area contributed by atoms with Gasteiger partial charge in [0.2, 0.25) is 5.91 Å². The maximum atomic E-state index is 11.9. The average Bonchev–Trinajstić information content (AvgIpc) is 2.48. The molecule has 0 aliphatic heterocycles. The lowest BCUT2D eigenvalue weighted by Gasteiger charge is -2.05. The Morgan fingerprint density at radius 1 is 1.19 bits per heavy atom. The van der Waals surface area contributed by atoms with Crippen LogP contribution in [0.15, 0.2) is 48.7 Å². The smallest absolute Gasteiger partial charge is 0.249 e. The fourth-order valence-electron chi connectivity index (χ4n) is 1.94. The summed E-state index contributed by atoms with van der Waals surface area (Å²) in [7, 11) is 0. The molecule has 0 aliphatic rings. The lowest BCUT2D eigenvalue weighted by molar-refractivity contribution is -0.111. The van der Waals surface area contributed by atoms with Crippen molar-refractivity contribution in [3.8, 4) is 0 Å². The van der Waals surface area contributed by atoms with Crippen molar-refractivity contribution in [3.05, 3.63) is 65.4 Å². The van der Waals surface area contributed by atoms with Crippen molar-refractivity contribution in [2.24, 2.45) is 0 Å². The van der Waals surface area contributed by atoms with Crippen molar-refractivity contribution < 1.29 is 4.79 Å². The number of anilines is 1. The molecule has 108 valence electrons. The van der Waals surface area contributed by atoms with Gasteiger partial charge in [-0.05, 0) is 41.7 Å². The van der Waals surface area contributed by atoms with Crippen LogP contribution in [-0.2, 0) is 4.79 Å². The number of rotatable bonds is 4. The molecule has 0 saturated heterocycles. The van der Waals surface area contributed by atoms with Gasteiger partial charge in [0.05, 0.1) is 0 Å². The molecule has 2 aromatic rings. The van der Waals surface area contributed by atoms with Crippen molar-refractivity contribution in [3.63, 3.8) is 0 Å². The number of pyridine rings is 1. The molecule has 1 aromatic carbocycles. The Labute approximate surface area is 125 Å². The van der Waals surface area contributed by atoms with Gasteiger partial charge in [0, 0.05) is 12.3 Å². The minimum atomic E-state index is -0.176. The molecule has 3 heteroatoms. The molecule has 0 fully saturated rings. The first-order chi connectivity index (χ1) is 10.1. The molecular formula is C18H20N2O. The van der Waals surface area contributed by atoms with Gasteiger partial charge in [0.1, 0.15) is 5.82 Å². The third kappa shape index (κ3) is 4.28. The summed E-state index contributed by atoms with van der Waals surface area (Å²) in [5, 5.41) is 2.77. The molecule has 0 bridgehead atoms. The molecule has 0 unspecified atom stereocenters. The van der Waals surface area contributed by atoms with E-state index in [4.69, 9.17) is 0 Å². The summed E-state index contributed by atoms with van der Waals surface area (Å²) >= 11 is 0. The van der Waals surface area contributed by atoms with E-state index in [0.717, 1.165) is 11.1 Å². The molecule has 2 rings (SSSR count). The summed E-state index contributed by atoms with van der Waals surface area (Å²) in [4.78, 5) is 16.0. The number of carbonyl (C=O) groups is 1. The molecule has 0 saturated carbocycles. The number of carbonyl (C=O) groups excluding carboxylic acids is 1. The van der Waals surface area contributed by atoms with E-state index in [2.05, 4.69) is 36.3 Å². The van der Waals surface area contributed by atoms with Crippen LogP contribution in [0.4, 0.5) is 5.82 Å². The van der Waals surface area contributed by atoms with Gasteiger partial charge in [-0.15, -0.1) is 0 Å². The quantitative estimate of drug-likeness (QED) is 0.854. The van der Waals surface area contributed by atoms with E-state index >= 15 is 0 Å². The van der Waals surface area contributed by atoms with Crippen LogP contribution in [0.25, 0.3) is 6.08 Å². The number of amides is 1. The van der Waals surface area contributed by atoms with E-state index in [9.17, 15) is 4.79 Å². The first-order valence-electron chi connectivity index (χ1n) is 7.07. The minimum Gasteiger partial charge on any atom is -0.307 e. The van der Waals surface area contributed by atoms with Gasteiger partial charge in [-0.1, -0.05) is 44.2 Å². The van der Waals surface area contributed by atoms with Gasteiger partial charge in [-0.2, -0.15) is 0 Å². The van der Waals surface area contributed by atoms with Gasteiger partial charge in [-0.3, -0.25) is 4.79 Å². The minimum absolute atomic E-state index is 0.176. The fraction of sp³-hybridized carbons (Fsp3) is 0.222. The Morgan fingerprint density at radius 2 is 1.90 bits per heavy atom. The van der Waals surface area contributed by atoms with Gasteiger partial charge >= 0.3 is 0 Å². The van der Waals surface area contributed by atoms with Crippen molar-refractivity contribution in [2.75, 3.05) is 5.32 Å². The maximum Gasteiger partial charge on any atom is 0.249 e. The Balaban J connectivity index is 2.00. The highest BCUT2D eigenvalue weighted by atomic mass is 16.1. The van der Waals surface area contributed by atoms with Crippen LogP contribution in [0.3, 0.4) is 0 Å². The molecule has 0 spiro atoms. The van der Waals surface area contributed by atoms with Gasteiger partial charge in [-0.25, -0.2) is 4.98 Å². The molecule has 1 N–H and O–H groups in total. The molecule has 1 amide bonds.